The quantitative estimate of drug-likeness (QED) is 0.136. The van der Waals surface area contributed by atoms with Gasteiger partial charge in [-0.25, -0.2) is 0 Å². The summed E-state index contributed by atoms with van der Waals surface area (Å²) < 4.78 is 0. The monoisotopic (exact) mass is 622 g/mol. The molecule has 9 aromatic rings. The average molecular weight is 623 g/mol. The Hall–Kier alpha value is -5.98. The molecule has 0 fully saturated rings. The maximum atomic E-state index is 2.49. The molecule has 0 saturated heterocycles. The number of hydrogen-bond donors (Lipinski definition) is 0. The second-order valence-corrected chi connectivity index (χ2v) is 14.0. The molecular formula is C49H34. The SMILES string of the molecule is CC1(C)c2ccc(-c3c4ccccc4c(-c4cccc(-c5ccccc5)c4)c4ccccc34)cc2-c2c1c1ccccc1c1ccccc21. The summed E-state index contributed by atoms with van der Waals surface area (Å²) >= 11 is 0. The minimum Gasteiger partial charge on any atom is -0.0622 e. The van der Waals surface area contributed by atoms with Gasteiger partial charge < -0.3 is 0 Å². The molecule has 0 saturated carbocycles. The first-order valence-electron chi connectivity index (χ1n) is 17.3. The lowest BCUT2D eigenvalue weighted by Crippen LogP contribution is -2.15. The Bertz CT molecular complexity index is 2720. The highest BCUT2D eigenvalue weighted by Gasteiger charge is 2.38. The van der Waals surface area contributed by atoms with Crippen LogP contribution in [0.1, 0.15) is 25.0 Å². The normalized spacial score (nSPS) is 13.3. The van der Waals surface area contributed by atoms with Crippen LogP contribution >= 0.6 is 0 Å². The Morgan fingerprint density at radius 1 is 0.306 bits per heavy atom. The lowest BCUT2D eigenvalue weighted by Gasteiger charge is -2.24. The Labute approximate surface area is 286 Å². The zero-order valence-electron chi connectivity index (χ0n) is 27.7. The first-order chi connectivity index (χ1) is 24.1. The van der Waals surface area contributed by atoms with E-state index in [1.807, 2.05) is 0 Å². The Morgan fingerprint density at radius 3 is 1.33 bits per heavy atom. The van der Waals surface area contributed by atoms with Crippen LogP contribution in [0.25, 0.3) is 87.6 Å². The van der Waals surface area contributed by atoms with Gasteiger partial charge >= 0.3 is 0 Å². The van der Waals surface area contributed by atoms with E-state index >= 15 is 0 Å². The van der Waals surface area contributed by atoms with Gasteiger partial charge in [-0.2, -0.15) is 0 Å². The lowest BCUT2D eigenvalue weighted by molar-refractivity contribution is 0.666. The molecule has 1 aliphatic rings. The fourth-order valence-corrected chi connectivity index (χ4v) is 8.89. The number of rotatable bonds is 3. The van der Waals surface area contributed by atoms with Gasteiger partial charge in [-0.15, -0.1) is 0 Å². The van der Waals surface area contributed by atoms with E-state index in [1.54, 1.807) is 0 Å². The Balaban J connectivity index is 1.27. The van der Waals surface area contributed by atoms with Crippen LogP contribution in [0.3, 0.4) is 0 Å². The predicted octanol–water partition coefficient (Wildman–Crippen LogP) is 13.6. The number of hydrogen-bond acceptors (Lipinski definition) is 0. The summed E-state index contributed by atoms with van der Waals surface area (Å²) in [5, 5.41) is 10.5. The second kappa shape index (κ2) is 10.5. The standard InChI is InChI=1S/C49H34/c1-49(2)44-28-27-34(30-43(44)47-37-21-8-6-19-35(37)36-20-7-13-26-42(36)48(47)49)46-40-24-11-9-22-38(40)45(39-23-10-12-25-41(39)46)33-18-14-17-32(29-33)31-15-4-3-5-16-31/h3-30H,1-2H3. The first kappa shape index (κ1) is 28.1. The maximum absolute atomic E-state index is 2.49. The van der Waals surface area contributed by atoms with Crippen LogP contribution in [0.5, 0.6) is 0 Å². The van der Waals surface area contributed by atoms with E-state index < -0.39 is 0 Å². The number of benzene rings is 9. The van der Waals surface area contributed by atoms with Crippen molar-refractivity contribution in [1.82, 2.24) is 0 Å². The van der Waals surface area contributed by atoms with Crippen molar-refractivity contribution in [2.24, 2.45) is 0 Å². The molecule has 0 aliphatic heterocycles. The largest absolute Gasteiger partial charge is 0.0622 e. The van der Waals surface area contributed by atoms with Crippen molar-refractivity contribution in [2.75, 3.05) is 0 Å². The third-order valence-electron chi connectivity index (χ3n) is 11.0. The molecular weight excluding hydrogens is 589 g/mol. The Kier molecular flexibility index (Phi) is 6.02. The van der Waals surface area contributed by atoms with Crippen molar-refractivity contribution >= 4 is 43.1 Å². The summed E-state index contributed by atoms with van der Waals surface area (Å²) in [6.45, 7) is 4.81. The van der Waals surface area contributed by atoms with E-state index in [0.29, 0.717) is 0 Å². The van der Waals surface area contributed by atoms with Crippen LogP contribution in [-0.2, 0) is 5.41 Å². The highest BCUT2D eigenvalue weighted by atomic mass is 14.4. The molecule has 230 valence electrons. The highest BCUT2D eigenvalue weighted by Crippen LogP contribution is 2.56. The topological polar surface area (TPSA) is 0 Å². The van der Waals surface area contributed by atoms with Crippen molar-refractivity contribution in [1.29, 1.82) is 0 Å². The van der Waals surface area contributed by atoms with Crippen LogP contribution < -0.4 is 0 Å². The zero-order valence-corrected chi connectivity index (χ0v) is 27.7. The van der Waals surface area contributed by atoms with Crippen LogP contribution in [0, 0.1) is 0 Å². The molecule has 0 radical (unpaired) electrons. The highest BCUT2D eigenvalue weighted by molar-refractivity contribution is 6.22. The van der Waals surface area contributed by atoms with Crippen LogP contribution in [0.2, 0.25) is 0 Å². The molecule has 0 atom stereocenters. The van der Waals surface area contributed by atoms with Crippen LogP contribution in [0.4, 0.5) is 0 Å². The number of fused-ring (bicyclic) bond motifs is 10. The maximum Gasteiger partial charge on any atom is 0.0165 e. The molecule has 0 heteroatoms. The van der Waals surface area contributed by atoms with Gasteiger partial charge in [0.1, 0.15) is 0 Å². The van der Waals surface area contributed by atoms with Gasteiger partial charge in [0.05, 0.1) is 0 Å². The third-order valence-corrected chi connectivity index (χ3v) is 11.0. The van der Waals surface area contributed by atoms with E-state index in [1.165, 1.54) is 98.7 Å². The van der Waals surface area contributed by atoms with Gasteiger partial charge in [0, 0.05) is 5.41 Å². The smallest absolute Gasteiger partial charge is 0.0165 e. The van der Waals surface area contributed by atoms with E-state index in [2.05, 4.69) is 184 Å². The second-order valence-electron chi connectivity index (χ2n) is 14.0. The van der Waals surface area contributed by atoms with E-state index in [4.69, 9.17) is 0 Å². The Morgan fingerprint density at radius 2 is 0.735 bits per heavy atom. The van der Waals surface area contributed by atoms with E-state index in [0.717, 1.165) is 0 Å². The molecule has 0 amide bonds. The molecule has 0 nitrogen and oxygen atoms in total. The third kappa shape index (κ3) is 4.04. The van der Waals surface area contributed by atoms with Gasteiger partial charge in [0.25, 0.3) is 0 Å². The molecule has 0 spiro atoms. The summed E-state index contributed by atoms with van der Waals surface area (Å²) in [6.07, 6.45) is 0. The van der Waals surface area contributed by atoms with Crippen molar-refractivity contribution in [3.8, 4) is 44.5 Å². The summed E-state index contributed by atoms with van der Waals surface area (Å²) in [4.78, 5) is 0. The molecule has 0 bridgehead atoms. The lowest BCUT2D eigenvalue weighted by atomic mass is 9.79. The van der Waals surface area contributed by atoms with Gasteiger partial charge in [0.15, 0.2) is 0 Å². The van der Waals surface area contributed by atoms with Crippen LogP contribution in [-0.4, -0.2) is 0 Å². The molecule has 49 heavy (non-hydrogen) atoms. The van der Waals surface area contributed by atoms with Gasteiger partial charge in [0.2, 0.25) is 0 Å². The molecule has 0 N–H and O–H groups in total. The summed E-state index contributed by atoms with van der Waals surface area (Å²) in [6, 6.07) is 63.0. The predicted molar refractivity (Wildman–Crippen MR) is 210 cm³/mol. The van der Waals surface area contributed by atoms with Crippen molar-refractivity contribution in [3.63, 3.8) is 0 Å². The van der Waals surface area contributed by atoms with Crippen LogP contribution in [0.15, 0.2) is 170 Å². The molecule has 9 aromatic carbocycles. The average Bonchev–Trinajstić information content (AvgIpc) is 3.40. The summed E-state index contributed by atoms with van der Waals surface area (Å²) in [5.41, 5.74) is 13.0. The van der Waals surface area contributed by atoms with E-state index in [9.17, 15) is 0 Å². The van der Waals surface area contributed by atoms with Crippen molar-refractivity contribution < 1.29 is 0 Å². The summed E-state index contributed by atoms with van der Waals surface area (Å²) in [7, 11) is 0. The fourth-order valence-electron chi connectivity index (χ4n) is 8.89. The molecule has 0 heterocycles. The van der Waals surface area contributed by atoms with Crippen molar-refractivity contribution in [3.05, 3.63) is 181 Å². The molecule has 0 aromatic heterocycles. The molecule has 0 unspecified atom stereocenters. The van der Waals surface area contributed by atoms with Gasteiger partial charge in [-0.3, -0.25) is 0 Å². The molecule has 1 aliphatic carbocycles. The van der Waals surface area contributed by atoms with E-state index in [-0.39, 0.29) is 5.41 Å². The van der Waals surface area contributed by atoms with Gasteiger partial charge in [-0.05, 0) is 111 Å². The van der Waals surface area contributed by atoms with Crippen molar-refractivity contribution in [2.45, 2.75) is 19.3 Å². The minimum absolute atomic E-state index is 0.120. The first-order valence-corrected chi connectivity index (χ1v) is 17.3. The molecule has 10 rings (SSSR count). The summed E-state index contributed by atoms with van der Waals surface area (Å²) in [5.74, 6) is 0. The van der Waals surface area contributed by atoms with Gasteiger partial charge in [-0.1, -0.05) is 172 Å². The minimum atomic E-state index is -0.120. The zero-order chi connectivity index (χ0) is 32.7. The fraction of sp³-hybridized carbons (Fsp3) is 0.0612.